The van der Waals surface area contributed by atoms with Gasteiger partial charge in [0, 0.05) is 4.47 Å². The third-order valence-electron chi connectivity index (χ3n) is 2.92. The maximum Gasteiger partial charge on any atom is 0.276 e. The molecular weight excluding hydrogens is 400 g/mol. The summed E-state index contributed by atoms with van der Waals surface area (Å²) in [6.07, 6.45) is 0. The lowest BCUT2D eigenvalue weighted by atomic mass is 10.2. The van der Waals surface area contributed by atoms with Gasteiger partial charge in [0.1, 0.15) is 11.5 Å². The first kappa shape index (κ1) is 18.1. The van der Waals surface area contributed by atoms with Crippen LogP contribution in [0, 0.1) is 0 Å². The van der Waals surface area contributed by atoms with Gasteiger partial charge in [-0.1, -0.05) is 39.7 Å². The van der Waals surface area contributed by atoms with Crippen LogP contribution in [0.15, 0.2) is 46.9 Å². The van der Waals surface area contributed by atoms with Gasteiger partial charge in [-0.3, -0.25) is 20.4 Å². The molecular formula is C16H14BrClN2O4. The number of halogens is 2. The minimum atomic E-state index is -0.530. The van der Waals surface area contributed by atoms with Crippen LogP contribution < -0.4 is 20.3 Å². The molecule has 2 N–H and O–H groups in total. The Morgan fingerprint density at radius 3 is 2.58 bits per heavy atom. The van der Waals surface area contributed by atoms with E-state index in [9.17, 15) is 9.59 Å². The molecule has 0 radical (unpaired) electrons. The van der Waals surface area contributed by atoms with Gasteiger partial charge in [0.2, 0.25) is 0 Å². The number of rotatable bonds is 5. The molecule has 0 bridgehead atoms. The fourth-order valence-corrected chi connectivity index (χ4v) is 2.34. The summed E-state index contributed by atoms with van der Waals surface area (Å²) < 4.78 is 11.1. The van der Waals surface area contributed by atoms with Crippen LogP contribution in [-0.2, 0) is 4.79 Å². The fourth-order valence-electron chi connectivity index (χ4n) is 1.79. The molecule has 0 saturated carbocycles. The van der Waals surface area contributed by atoms with Crippen LogP contribution in [0.5, 0.6) is 11.5 Å². The van der Waals surface area contributed by atoms with E-state index in [-0.39, 0.29) is 12.2 Å². The van der Waals surface area contributed by atoms with Crippen molar-refractivity contribution in [3.05, 3.63) is 57.5 Å². The number of methoxy groups -OCH3 is 1. The van der Waals surface area contributed by atoms with Crippen LogP contribution in [0.3, 0.4) is 0 Å². The van der Waals surface area contributed by atoms with Gasteiger partial charge in [-0.2, -0.15) is 0 Å². The van der Waals surface area contributed by atoms with E-state index in [0.29, 0.717) is 21.0 Å². The van der Waals surface area contributed by atoms with Gasteiger partial charge in [0.05, 0.1) is 17.7 Å². The highest BCUT2D eigenvalue weighted by atomic mass is 79.9. The third kappa shape index (κ3) is 4.87. The van der Waals surface area contributed by atoms with Crippen molar-refractivity contribution in [2.45, 2.75) is 0 Å². The Labute approximate surface area is 152 Å². The summed E-state index contributed by atoms with van der Waals surface area (Å²) in [5.41, 5.74) is 4.84. The van der Waals surface area contributed by atoms with Crippen LogP contribution in [0.1, 0.15) is 10.4 Å². The van der Waals surface area contributed by atoms with Crippen molar-refractivity contribution >= 4 is 39.3 Å². The molecule has 0 aromatic heterocycles. The topological polar surface area (TPSA) is 76.7 Å². The largest absolute Gasteiger partial charge is 0.496 e. The van der Waals surface area contributed by atoms with E-state index in [4.69, 9.17) is 21.1 Å². The maximum absolute atomic E-state index is 12.1. The second-order valence-electron chi connectivity index (χ2n) is 4.57. The molecule has 2 aromatic rings. The molecule has 2 amide bonds. The lowest BCUT2D eigenvalue weighted by Gasteiger charge is -2.11. The minimum Gasteiger partial charge on any atom is -0.496 e. The average molecular weight is 414 g/mol. The summed E-state index contributed by atoms with van der Waals surface area (Å²) in [5, 5.41) is 0.396. The van der Waals surface area contributed by atoms with Crippen molar-refractivity contribution in [2.24, 2.45) is 0 Å². The number of hydrogen-bond donors (Lipinski definition) is 2. The maximum atomic E-state index is 12.1. The predicted molar refractivity (Wildman–Crippen MR) is 93.2 cm³/mol. The summed E-state index contributed by atoms with van der Waals surface area (Å²) in [5.74, 6) is -0.275. The molecule has 0 aliphatic heterocycles. The molecule has 0 aliphatic rings. The van der Waals surface area contributed by atoms with Crippen molar-refractivity contribution in [3.8, 4) is 11.5 Å². The SMILES string of the molecule is COc1ccc(Br)cc1C(=O)NNC(=O)COc1ccccc1Cl. The van der Waals surface area contributed by atoms with Crippen molar-refractivity contribution < 1.29 is 19.1 Å². The number of amides is 2. The standard InChI is InChI=1S/C16H14BrClN2O4/c1-23-13-7-6-10(17)8-11(13)16(22)20-19-15(21)9-24-14-5-3-2-4-12(14)18/h2-8H,9H2,1H3,(H,19,21)(H,20,22). The molecule has 0 aliphatic carbocycles. The number of benzene rings is 2. The smallest absolute Gasteiger partial charge is 0.276 e. The molecule has 6 nitrogen and oxygen atoms in total. The lowest BCUT2D eigenvalue weighted by Crippen LogP contribution is -2.43. The van der Waals surface area contributed by atoms with Crippen molar-refractivity contribution in [1.82, 2.24) is 10.9 Å². The van der Waals surface area contributed by atoms with Crippen molar-refractivity contribution in [3.63, 3.8) is 0 Å². The first-order chi connectivity index (χ1) is 11.5. The monoisotopic (exact) mass is 412 g/mol. The summed E-state index contributed by atoms with van der Waals surface area (Å²) in [6.45, 7) is -0.292. The molecule has 0 atom stereocenters. The normalized spacial score (nSPS) is 9.96. The van der Waals surface area contributed by atoms with E-state index in [1.807, 2.05) is 0 Å². The summed E-state index contributed by atoms with van der Waals surface area (Å²) in [6, 6.07) is 11.7. The van der Waals surface area contributed by atoms with Crippen LogP contribution in [0.4, 0.5) is 0 Å². The fraction of sp³-hybridized carbons (Fsp3) is 0.125. The van der Waals surface area contributed by atoms with Gasteiger partial charge in [-0.25, -0.2) is 0 Å². The molecule has 0 heterocycles. The minimum absolute atomic E-state index is 0.277. The van der Waals surface area contributed by atoms with Gasteiger partial charge in [-0.15, -0.1) is 0 Å². The third-order valence-corrected chi connectivity index (χ3v) is 3.72. The Hall–Kier alpha value is -2.25. The highest BCUT2D eigenvalue weighted by Gasteiger charge is 2.14. The molecule has 24 heavy (non-hydrogen) atoms. The number of nitrogens with one attached hydrogen (secondary N) is 2. The summed E-state index contributed by atoms with van der Waals surface area (Å²) >= 11 is 9.19. The van der Waals surface area contributed by atoms with E-state index in [2.05, 4.69) is 26.8 Å². The highest BCUT2D eigenvalue weighted by Crippen LogP contribution is 2.23. The molecule has 8 heteroatoms. The molecule has 0 spiro atoms. The highest BCUT2D eigenvalue weighted by molar-refractivity contribution is 9.10. The molecule has 126 valence electrons. The Kier molecular flexibility index (Phi) is 6.45. The van der Waals surface area contributed by atoms with Gasteiger partial charge < -0.3 is 9.47 Å². The van der Waals surface area contributed by atoms with Gasteiger partial charge in [-0.05, 0) is 30.3 Å². The number of hydrogen-bond acceptors (Lipinski definition) is 4. The zero-order chi connectivity index (χ0) is 17.5. The quantitative estimate of drug-likeness (QED) is 0.739. The Balaban J connectivity index is 1.89. The van der Waals surface area contributed by atoms with E-state index in [1.54, 1.807) is 42.5 Å². The van der Waals surface area contributed by atoms with Crippen LogP contribution >= 0.6 is 27.5 Å². The van der Waals surface area contributed by atoms with E-state index in [1.165, 1.54) is 7.11 Å². The first-order valence-corrected chi connectivity index (χ1v) is 7.98. The number of para-hydroxylation sites is 1. The Bertz CT molecular complexity index is 755. The predicted octanol–water partition coefficient (Wildman–Crippen LogP) is 2.95. The van der Waals surface area contributed by atoms with E-state index < -0.39 is 11.8 Å². The summed E-state index contributed by atoms with van der Waals surface area (Å²) in [4.78, 5) is 23.9. The van der Waals surface area contributed by atoms with E-state index in [0.717, 1.165) is 0 Å². The van der Waals surface area contributed by atoms with Crippen LogP contribution in [0.2, 0.25) is 5.02 Å². The molecule has 2 aromatic carbocycles. The Morgan fingerprint density at radius 1 is 1.12 bits per heavy atom. The number of carbonyl (C=O) groups is 2. The van der Waals surface area contributed by atoms with Gasteiger partial charge in [0.25, 0.3) is 11.8 Å². The average Bonchev–Trinajstić information content (AvgIpc) is 2.59. The second-order valence-corrected chi connectivity index (χ2v) is 5.89. The summed E-state index contributed by atoms with van der Waals surface area (Å²) in [7, 11) is 1.45. The van der Waals surface area contributed by atoms with Crippen LogP contribution in [-0.4, -0.2) is 25.5 Å². The zero-order valence-electron chi connectivity index (χ0n) is 12.6. The first-order valence-electron chi connectivity index (χ1n) is 6.81. The molecule has 0 unspecified atom stereocenters. The Morgan fingerprint density at radius 2 is 1.88 bits per heavy atom. The van der Waals surface area contributed by atoms with Crippen molar-refractivity contribution in [2.75, 3.05) is 13.7 Å². The molecule has 0 fully saturated rings. The number of hydrazine groups is 1. The molecule has 2 rings (SSSR count). The zero-order valence-corrected chi connectivity index (χ0v) is 15.0. The number of ether oxygens (including phenoxy) is 2. The lowest BCUT2D eigenvalue weighted by molar-refractivity contribution is -0.123. The van der Waals surface area contributed by atoms with Gasteiger partial charge >= 0.3 is 0 Å². The number of carbonyl (C=O) groups excluding carboxylic acids is 2. The van der Waals surface area contributed by atoms with Crippen molar-refractivity contribution in [1.29, 1.82) is 0 Å². The van der Waals surface area contributed by atoms with Gasteiger partial charge in [0.15, 0.2) is 6.61 Å². The van der Waals surface area contributed by atoms with E-state index >= 15 is 0 Å². The molecule has 0 saturated heterocycles. The second kappa shape index (κ2) is 8.56. The van der Waals surface area contributed by atoms with Crippen LogP contribution in [0.25, 0.3) is 0 Å².